The van der Waals surface area contributed by atoms with E-state index in [1.807, 2.05) is 0 Å². The molecule has 0 bridgehead atoms. The van der Waals surface area contributed by atoms with Gasteiger partial charge in [0.2, 0.25) is 0 Å². The molecule has 0 spiro atoms. The molecule has 1 saturated heterocycles. The van der Waals surface area contributed by atoms with Crippen LogP contribution in [0.3, 0.4) is 0 Å². The average Bonchev–Trinajstić information content (AvgIpc) is 3.14. The Morgan fingerprint density at radius 3 is 2.73 bits per heavy atom. The first-order valence-corrected chi connectivity index (χ1v) is 8.22. The number of methoxy groups -OCH3 is 1. The number of nitrogens with zero attached hydrogens (tertiary/aromatic N) is 3. The second-order valence-corrected chi connectivity index (χ2v) is 6.09. The lowest BCUT2D eigenvalue weighted by Crippen LogP contribution is -2.38. The van der Waals surface area contributed by atoms with Gasteiger partial charge in [0.05, 0.1) is 12.7 Å². The summed E-state index contributed by atoms with van der Waals surface area (Å²) >= 11 is 5.17. The quantitative estimate of drug-likeness (QED) is 0.594. The number of H-pyrrole nitrogens is 1. The number of hydrogen-bond acceptors (Lipinski definition) is 9. The van der Waals surface area contributed by atoms with Crippen molar-refractivity contribution in [2.75, 3.05) is 13.7 Å². The fourth-order valence-corrected chi connectivity index (χ4v) is 3.14. The SMILES string of the molecule is CO[C@H]1[C@@H](OC(C)=O)[C@H](n2cnc3c(=S)nc[nH]c32)O[C@@H]1COC(C)=O. The molecule has 0 radical (unpaired) electrons. The minimum Gasteiger partial charge on any atom is -0.463 e. The van der Waals surface area contributed by atoms with Gasteiger partial charge in [-0.2, -0.15) is 0 Å². The maximum Gasteiger partial charge on any atom is 0.303 e. The van der Waals surface area contributed by atoms with Crippen molar-refractivity contribution in [2.45, 2.75) is 38.4 Å². The molecule has 3 rings (SSSR count). The Kier molecular flexibility index (Phi) is 5.30. The normalized spacial score (nSPS) is 25.3. The summed E-state index contributed by atoms with van der Waals surface area (Å²) in [7, 11) is 1.47. The Hall–Kier alpha value is -2.37. The molecule has 0 unspecified atom stereocenters. The van der Waals surface area contributed by atoms with Crippen LogP contribution in [-0.2, 0) is 28.5 Å². The molecule has 0 amide bonds. The van der Waals surface area contributed by atoms with Gasteiger partial charge in [-0.1, -0.05) is 12.2 Å². The number of carbonyl (C=O) groups is 2. The lowest BCUT2D eigenvalue weighted by atomic mass is 10.1. The van der Waals surface area contributed by atoms with E-state index in [0.29, 0.717) is 15.8 Å². The van der Waals surface area contributed by atoms with Crippen molar-refractivity contribution in [2.24, 2.45) is 0 Å². The number of nitrogens with one attached hydrogen (secondary N) is 1. The molecule has 0 saturated carbocycles. The van der Waals surface area contributed by atoms with Gasteiger partial charge in [0.15, 0.2) is 17.0 Å². The third-order valence-corrected chi connectivity index (χ3v) is 4.26. The highest BCUT2D eigenvalue weighted by Gasteiger charge is 2.49. The summed E-state index contributed by atoms with van der Waals surface area (Å²) in [5.41, 5.74) is 1.06. The second-order valence-electron chi connectivity index (χ2n) is 5.70. The predicted molar refractivity (Wildman–Crippen MR) is 89.6 cm³/mol. The van der Waals surface area contributed by atoms with Crippen LogP contribution in [0.25, 0.3) is 11.2 Å². The van der Waals surface area contributed by atoms with Crippen LogP contribution in [0.5, 0.6) is 0 Å². The highest BCUT2D eigenvalue weighted by atomic mass is 32.1. The number of imidazole rings is 1. The number of rotatable bonds is 5. The van der Waals surface area contributed by atoms with Gasteiger partial charge in [-0.05, 0) is 0 Å². The smallest absolute Gasteiger partial charge is 0.303 e. The van der Waals surface area contributed by atoms with E-state index >= 15 is 0 Å². The van der Waals surface area contributed by atoms with E-state index in [1.54, 1.807) is 4.57 Å². The maximum absolute atomic E-state index is 11.6. The van der Waals surface area contributed by atoms with E-state index in [0.717, 1.165) is 0 Å². The largest absolute Gasteiger partial charge is 0.463 e. The highest BCUT2D eigenvalue weighted by Crippen LogP contribution is 2.35. The fourth-order valence-electron chi connectivity index (χ4n) is 2.93. The number of aromatic nitrogens is 4. The summed E-state index contributed by atoms with van der Waals surface area (Å²) in [5.74, 6) is -0.933. The molecular weight excluding hydrogens is 364 g/mol. The van der Waals surface area contributed by atoms with Gasteiger partial charge < -0.3 is 23.9 Å². The molecule has 1 N–H and O–H groups in total. The maximum atomic E-state index is 11.6. The number of hydrogen-bond donors (Lipinski definition) is 1. The van der Waals surface area contributed by atoms with Gasteiger partial charge in [-0.3, -0.25) is 14.2 Å². The van der Waals surface area contributed by atoms with E-state index in [4.69, 9.17) is 31.2 Å². The van der Waals surface area contributed by atoms with Crippen molar-refractivity contribution in [1.29, 1.82) is 0 Å². The molecule has 0 aromatic carbocycles. The first-order chi connectivity index (χ1) is 12.4. The topological polar surface area (TPSA) is 118 Å². The van der Waals surface area contributed by atoms with Crippen LogP contribution < -0.4 is 0 Å². The van der Waals surface area contributed by atoms with Gasteiger partial charge in [0.25, 0.3) is 0 Å². The molecular formula is C15H18N4O6S. The third kappa shape index (κ3) is 3.45. The number of fused-ring (bicyclic) bond motifs is 1. The molecule has 1 aliphatic heterocycles. The number of aromatic amines is 1. The van der Waals surface area contributed by atoms with Crippen LogP contribution in [0.1, 0.15) is 20.1 Å². The molecule has 10 nitrogen and oxygen atoms in total. The second kappa shape index (κ2) is 7.48. The molecule has 11 heteroatoms. The van der Waals surface area contributed by atoms with Crippen molar-refractivity contribution >= 4 is 35.3 Å². The van der Waals surface area contributed by atoms with Gasteiger partial charge in [-0.25, -0.2) is 9.97 Å². The molecule has 2 aromatic heterocycles. The molecule has 4 atom stereocenters. The summed E-state index contributed by atoms with van der Waals surface area (Å²) in [6, 6.07) is 0. The van der Waals surface area contributed by atoms with Crippen molar-refractivity contribution < 1.29 is 28.5 Å². The number of carbonyl (C=O) groups excluding carboxylic acids is 2. The minimum absolute atomic E-state index is 0.0354. The van der Waals surface area contributed by atoms with E-state index in [9.17, 15) is 9.59 Å². The van der Waals surface area contributed by atoms with E-state index in [-0.39, 0.29) is 6.61 Å². The zero-order chi connectivity index (χ0) is 18.8. The molecule has 2 aromatic rings. The van der Waals surface area contributed by atoms with Gasteiger partial charge in [-0.15, -0.1) is 0 Å². The molecule has 1 aliphatic rings. The molecule has 140 valence electrons. The van der Waals surface area contributed by atoms with Crippen LogP contribution in [0.4, 0.5) is 0 Å². The van der Waals surface area contributed by atoms with Crippen LogP contribution in [0.2, 0.25) is 0 Å². The summed E-state index contributed by atoms with van der Waals surface area (Å²) in [4.78, 5) is 33.9. The average molecular weight is 382 g/mol. The van der Waals surface area contributed by atoms with Crippen LogP contribution in [0.15, 0.2) is 12.7 Å². The zero-order valence-electron chi connectivity index (χ0n) is 14.4. The van der Waals surface area contributed by atoms with Gasteiger partial charge in [0, 0.05) is 21.0 Å². The Morgan fingerprint density at radius 2 is 2.08 bits per heavy atom. The molecule has 1 fully saturated rings. The number of esters is 2. The number of ether oxygens (including phenoxy) is 4. The summed E-state index contributed by atoms with van der Waals surface area (Å²) in [6.07, 6.45) is 0.183. The molecule has 0 aliphatic carbocycles. The van der Waals surface area contributed by atoms with E-state index in [1.165, 1.54) is 33.6 Å². The summed E-state index contributed by atoms with van der Waals surface area (Å²) in [6.45, 7) is 2.56. The summed E-state index contributed by atoms with van der Waals surface area (Å²) in [5, 5.41) is 0. The van der Waals surface area contributed by atoms with Crippen LogP contribution in [-0.4, -0.2) is 63.5 Å². The van der Waals surface area contributed by atoms with Crippen LogP contribution >= 0.6 is 12.2 Å². The highest BCUT2D eigenvalue weighted by molar-refractivity contribution is 7.71. The minimum atomic E-state index is -0.773. The molecule has 3 heterocycles. The third-order valence-electron chi connectivity index (χ3n) is 3.96. The van der Waals surface area contributed by atoms with E-state index in [2.05, 4.69) is 15.0 Å². The standard InChI is InChI=1S/C15H18N4O6S/c1-7(20)23-4-9-11(22-3)12(24-8(2)21)15(25-9)19-6-18-10-13(19)16-5-17-14(10)26/h5-6,9,11-12,15H,4H2,1-3H3,(H,16,17,26)/t9-,11-,12-,15-/m1/s1. The zero-order valence-corrected chi connectivity index (χ0v) is 15.2. The van der Waals surface area contributed by atoms with Gasteiger partial charge in [0.1, 0.15) is 30.0 Å². The predicted octanol–water partition coefficient (Wildman–Crippen LogP) is 0.896. The van der Waals surface area contributed by atoms with Crippen LogP contribution in [0, 0.1) is 4.64 Å². The Morgan fingerprint density at radius 1 is 1.31 bits per heavy atom. The van der Waals surface area contributed by atoms with Crippen molar-refractivity contribution in [1.82, 2.24) is 19.5 Å². The summed E-state index contributed by atoms with van der Waals surface area (Å²) < 4.78 is 23.9. The Bertz CT molecular complexity index is 880. The lowest BCUT2D eigenvalue weighted by molar-refractivity contribution is -0.156. The van der Waals surface area contributed by atoms with Gasteiger partial charge >= 0.3 is 11.9 Å². The monoisotopic (exact) mass is 382 g/mol. The Balaban J connectivity index is 1.99. The fraction of sp³-hybridized carbons (Fsp3) is 0.533. The first kappa shape index (κ1) is 18.4. The van der Waals surface area contributed by atoms with Crippen molar-refractivity contribution in [3.8, 4) is 0 Å². The van der Waals surface area contributed by atoms with E-state index < -0.39 is 36.5 Å². The lowest BCUT2D eigenvalue weighted by Gasteiger charge is -2.23. The first-order valence-electron chi connectivity index (χ1n) is 7.81. The van der Waals surface area contributed by atoms with Crippen molar-refractivity contribution in [3.63, 3.8) is 0 Å². The Labute approximate surface area is 153 Å². The van der Waals surface area contributed by atoms with Crippen molar-refractivity contribution in [3.05, 3.63) is 17.3 Å². The molecule has 26 heavy (non-hydrogen) atoms.